The first-order chi connectivity index (χ1) is 7.47. The lowest BCUT2D eigenvalue weighted by atomic mass is 9.83. The SMILES string of the molecule is COc1cccc(C(O)(CN)C(C)C)c1F. The predicted molar refractivity (Wildman–Crippen MR) is 60.7 cm³/mol. The summed E-state index contributed by atoms with van der Waals surface area (Å²) in [5.41, 5.74) is 4.37. The highest BCUT2D eigenvalue weighted by molar-refractivity contribution is 5.35. The van der Waals surface area contributed by atoms with Crippen LogP contribution in [-0.2, 0) is 5.60 Å². The van der Waals surface area contributed by atoms with Crippen molar-refractivity contribution in [3.05, 3.63) is 29.6 Å². The summed E-state index contributed by atoms with van der Waals surface area (Å²) in [6, 6.07) is 4.68. The van der Waals surface area contributed by atoms with Crippen LogP contribution in [0.2, 0.25) is 0 Å². The van der Waals surface area contributed by atoms with Gasteiger partial charge in [0.15, 0.2) is 11.6 Å². The van der Waals surface area contributed by atoms with Gasteiger partial charge in [0.05, 0.1) is 7.11 Å². The molecule has 3 N–H and O–H groups in total. The third kappa shape index (κ3) is 2.03. The standard InChI is InChI=1S/C12H18FNO2/c1-8(2)12(15,7-14)9-5-4-6-10(16-3)11(9)13/h4-6,8,15H,7,14H2,1-3H3. The fourth-order valence-corrected chi connectivity index (χ4v) is 1.66. The molecule has 0 spiro atoms. The highest BCUT2D eigenvalue weighted by atomic mass is 19.1. The molecule has 0 aliphatic heterocycles. The Morgan fingerprint density at radius 2 is 2.12 bits per heavy atom. The van der Waals surface area contributed by atoms with Crippen molar-refractivity contribution in [2.75, 3.05) is 13.7 Å². The Morgan fingerprint density at radius 1 is 1.50 bits per heavy atom. The lowest BCUT2D eigenvalue weighted by molar-refractivity contribution is -0.00467. The summed E-state index contributed by atoms with van der Waals surface area (Å²) in [6.45, 7) is 3.56. The predicted octanol–water partition coefficient (Wildman–Crippen LogP) is 1.64. The van der Waals surface area contributed by atoms with Crippen LogP contribution >= 0.6 is 0 Å². The highest BCUT2D eigenvalue weighted by Gasteiger charge is 2.35. The first-order valence-electron chi connectivity index (χ1n) is 5.22. The van der Waals surface area contributed by atoms with Crippen LogP contribution in [0.25, 0.3) is 0 Å². The number of nitrogens with two attached hydrogens (primary N) is 1. The van der Waals surface area contributed by atoms with Gasteiger partial charge in [-0.1, -0.05) is 26.0 Å². The summed E-state index contributed by atoms with van der Waals surface area (Å²) in [5.74, 6) is -0.615. The van der Waals surface area contributed by atoms with Gasteiger partial charge in [0.2, 0.25) is 0 Å². The van der Waals surface area contributed by atoms with Crippen molar-refractivity contribution in [2.24, 2.45) is 11.7 Å². The van der Waals surface area contributed by atoms with E-state index in [1.807, 2.05) is 0 Å². The molecule has 0 saturated heterocycles. The number of hydrogen-bond acceptors (Lipinski definition) is 3. The Hall–Kier alpha value is -1.13. The largest absolute Gasteiger partial charge is 0.494 e. The average Bonchev–Trinajstić information content (AvgIpc) is 2.28. The Bertz CT molecular complexity index is 368. The number of hydrogen-bond donors (Lipinski definition) is 2. The van der Waals surface area contributed by atoms with E-state index < -0.39 is 11.4 Å². The molecule has 0 saturated carbocycles. The molecule has 90 valence electrons. The van der Waals surface area contributed by atoms with Gasteiger partial charge in [-0.2, -0.15) is 0 Å². The van der Waals surface area contributed by atoms with E-state index in [4.69, 9.17) is 10.5 Å². The molecule has 0 aliphatic carbocycles. The summed E-state index contributed by atoms with van der Waals surface area (Å²) in [7, 11) is 1.39. The summed E-state index contributed by atoms with van der Waals surface area (Å²) < 4.78 is 18.9. The minimum absolute atomic E-state index is 0.0330. The van der Waals surface area contributed by atoms with E-state index in [1.54, 1.807) is 19.9 Å². The zero-order valence-electron chi connectivity index (χ0n) is 9.83. The molecular formula is C12H18FNO2. The number of halogens is 1. The molecule has 1 atom stereocenters. The highest BCUT2D eigenvalue weighted by Crippen LogP contribution is 2.33. The van der Waals surface area contributed by atoms with Gasteiger partial charge >= 0.3 is 0 Å². The number of aliphatic hydroxyl groups is 1. The van der Waals surface area contributed by atoms with E-state index in [-0.39, 0.29) is 23.8 Å². The van der Waals surface area contributed by atoms with Crippen molar-refractivity contribution in [2.45, 2.75) is 19.4 Å². The topological polar surface area (TPSA) is 55.5 Å². The monoisotopic (exact) mass is 227 g/mol. The van der Waals surface area contributed by atoms with Crippen LogP contribution in [0.5, 0.6) is 5.75 Å². The molecule has 0 amide bonds. The Morgan fingerprint density at radius 3 is 2.56 bits per heavy atom. The number of benzene rings is 1. The molecule has 0 aliphatic rings. The number of rotatable bonds is 4. The Balaban J connectivity index is 3.31. The maximum Gasteiger partial charge on any atom is 0.171 e. The second kappa shape index (κ2) is 4.80. The minimum atomic E-state index is -1.36. The van der Waals surface area contributed by atoms with E-state index in [9.17, 15) is 9.50 Å². The minimum Gasteiger partial charge on any atom is -0.494 e. The lowest BCUT2D eigenvalue weighted by Crippen LogP contribution is -2.40. The summed E-state index contributed by atoms with van der Waals surface area (Å²) in [6.07, 6.45) is 0. The first kappa shape index (κ1) is 12.9. The van der Waals surface area contributed by atoms with Crippen molar-refractivity contribution < 1.29 is 14.2 Å². The van der Waals surface area contributed by atoms with Gasteiger partial charge in [-0.25, -0.2) is 4.39 Å². The fourth-order valence-electron chi connectivity index (χ4n) is 1.66. The molecule has 3 nitrogen and oxygen atoms in total. The molecule has 0 aromatic heterocycles. The Kier molecular flexibility index (Phi) is 3.88. The maximum atomic E-state index is 14.0. The molecule has 0 fully saturated rings. The first-order valence-corrected chi connectivity index (χ1v) is 5.22. The van der Waals surface area contributed by atoms with Crippen LogP contribution < -0.4 is 10.5 Å². The van der Waals surface area contributed by atoms with Crippen LogP contribution in [0, 0.1) is 11.7 Å². The van der Waals surface area contributed by atoms with Gasteiger partial charge in [0, 0.05) is 12.1 Å². The lowest BCUT2D eigenvalue weighted by Gasteiger charge is -2.31. The summed E-state index contributed by atoms with van der Waals surface area (Å²) in [5, 5.41) is 10.3. The van der Waals surface area contributed by atoms with E-state index >= 15 is 0 Å². The second-order valence-corrected chi connectivity index (χ2v) is 4.10. The maximum absolute atomic E-state index is 14.0. The van der Waals surface area contributed by atoms with Gasteiger partial charge in [0.1, 0.15) is 5.60 Å². The summed E-state index contributed by atoms with van der Waals surface area (Å²) in [4.78, 5) is 0. The third-order valence-corrected chi connectivity index (χ3v) is 2.92. The number of methoxy groups -OCH3 is 1. The fraction of sp³-hybridized carbons (Fsp3) is 0.500. The van der Waals surface area contributed by atoms with Crippen LogP contribution in [-0.4, -0.2) is 18.8 Å². The van der Waals surface area contributed by atoms with Crippen molar-refractivity contribution in [3.63, 3.8) is 0 Å². The van der Waals surface area contributed by atoms with Crippen LogP contribution in [0.3, 0.4) is 0 Å². The van der Waals surface area contributed by atoms with Crippen LogP contribution in [0.4, 0.5) is 4.39 Å². The molecule has 0 heterocycles. The van der Waals surface area contributed by atoms with Gasteiger partial charge in [-0.3, -0.25) is 0 Å². The molecule has 1 aromatic carbocycles. The molecule has 0 bridgehead atoms. The molecule has 1 rings (SSSR count). The number of ether oxygens (including phenoxy) is 1. The zero-order chi connectivity index (χ0) is 12.3. The molecule has 0 radical (unpaired) electrons. The Labute approximate surface area is 95.0 Å². The van der Waals surface area contributed by atoms with Gasteiger partial charge in [0.25, 0.3) is 0 Å². The van der Waals surface area contributed by atoms with Gasteiger partial charge < -0.3 is 15.6 Å². The van der Waals surface area contributed by atoms with Crippen LogP contribution in [0.15, 0.2) is 18.2 Å². The molecule has 1 aromatic rings. The average molecular weight is 227 g/mol. The van der Waals surface area contributed by atoms with Gasteiger partial charge in [-0.15, -0.1) is 0 Å². The smallest absolute Gasteiger partial charge is 0.171 e. The van der Waals surface area contributed by atoms with E-state index in [0.29, 0.717) is 0 Å². The second-order valence-electron chi connectivity index (χ2n) is 4.10. The molecular weight excluding hydrogens is 209 g/mol. The van der Waals surface area contributed by atoms with Crippen molar-refractivity contribution in [1.29, 1.82) is 0 Å². The van der Waals surface area contributed by atoms with Gasteiger partial charge in [-0.05, 0) is 12.0 Å². The normalized spacial score (nSPS) is 14.9. The molecule has 1 unspecified atom stereocenters. The quantitative estimate of drug-likeness (QED) is 0.822. The van der Waals surface area contributed by atoms with Crippen LogP contribution in [0.1, 0.15) is 19.4 Å². The molecule has 16 heavy (non-hydrogen) atoms. The van der Waals surface area contributed by atoms with Crippen molar-refractivity contribution in [3.8, 4) is 5.75 Å². The van der Waals surface area contributed by atoms with E-state index in [0.717, 1.165) is 0 Å². The van der Waals surface area contributed by atoms with E-state index in [1.165, 1.54) is 19.2 Å². The van der Waals surface area contributed by atoms with Crippen molar-refractivity contribution in [1.82, 2.24) is 0 Å². The third-order valence-electron chi connectivity index (χ3n) is 2.92. The summed E-state index contributed by atoms with van der Waals surface area (Å²) >= 11 is 0. The van der Waals surface area contributed by atoms with E-state index in [2.05, 4.69) is 0 Å². The van der Waals surface area contributed by atoms with Crippen molar-refractivity contribution >= 4 is 0 Å². The molecule has 4 heteroatoms. The zero-order valence-corrected chi connectivity index (χ0v) is 9.83.